The molecule has 98 valence electrons. The van der Waals surface area contributed by atoms with Gasteiger partial charge in [0.15, 0.2) is 0 Å². The van der Waals surface area contributed by atoms with Crippen LogP contribution in [0.1, 0.15) is 5.56 Å². The Kier molecular flexibility index (Phi) is 4.27. The van der Waals surface area contributed by atoms with Crippen LogP contribution in [-0.4, -0.2) is 5.91 Å². The van der Waals surface area contributed by atoms with Crippen molar-refractivity contribution in [3.8, 4) is 0 Å². The van der Waals surface area contributed by atoms with E-state index in [-0.39, 0.29) is 23.8 Å². The minimum Gasteiger partial charge on any atom is -0.323 e. The van der Waals surface area contributed by atoms with E-state index in [1.54, 1.807) is 6.07 Å². The van der Waals surface area contributed by atoms with Crippen molar-refractivity contribution in [2.75, 3.05) is 5.32 Å². The number of amides is 1. The fraction of sp³-hybridized carbons (Fsp3) is 0.0714. The summed E-state index contributed by atoms with van der Waals surface area (Å²) in [6, 6.07) is 9.98. The zero-order valence-corrected chi connectivity index (χ0v) is 11.4. The van der Waals surface area contributed by atoms with Crippen molar-refractivity contribution >= 4 is 27.5 Å². The highest BCUT2D eigenvalue weighted by Gasteiger charge is 2.08. The SMILES string of the molecule is O=C(Cc1ccc(F)cc1)Nc1ccc(Br)cc1F. The Hall–Kier alpha value is -1.75. The van der Waals surface area contributed by atoms with Gasteiger partial charge in [0, 0.05) is 4.47 Å². The van der Waals surface area contributed by atoms with Crippen molar-refractivity contribution in [3.63, 3.8) is 0 Å². The van der Waals surface area contributed by atoms with Crippen LogP contribution >= 0.6 is 15.9 Å². The molecule has 0 aliphatic heterocycles. The first-order valence-corrected chi connectivity index (χ1v) is 6.33. The first-order valence-electron chi connectivity index (χ1n) is 5.54. The summed E-state index contributed by atoms with van der Waals surface area (Å²) in [7, 11) is 0. The Morgan fingerprint density at radius 3 is 2.42 bits per heavy atom. The summed E-state index contributed by atoms with van der Waals surface area (Å²) in [5.41, 5.74) is 0.784. The molecule has 2 aromatic rings. The minimum absolute atomic E-state index is 0.0653. The van der Waals surface area contributed by atoms with Crippen LogP contribution in [0.3, 0.4) is 0 Å². The zero-order valence-electron chi connectivity index (χ0n) is 9.79. The van der Waals surface area contributed by atoms with Gasteiger partial charge in [0.05, 0.1) is 12.1 Å². The number of nitrogens with one attached hydrogen (secondary N) is 1. The average Bonchev–Trinajstić information content (AvgIpc) is 2.36. The number of hydrogen-bond acceptors (Lipinski definition) is 1. The van der Waals surface area contributed by atoms with E-state index in [2.05, 4.69) is 21.2 Å². The fourth-order valence-corrected chi connectivity index (χ4v) is 1.91. The third-order valence-corrected chi connectivity index (χ3v) is 2.98. The van der Waals surface area contributed by atoms with Gasteiger partial charge in [-0.1, -0.05) is 28.1 Å². The molecule has 5 heteroatoms. The van der Waals surface area contributed by atoms with Crippen molar-refractivity contribution in [1.82, 2.24) is 0 Å². The highest BCUT2D eigenvalue weighted by molar-refractivity contribution is 9.10. The maximum Gasteiger partial charge on any atom is 0.228 e. The molecule has 1 amide bonds. The summed E-state index contributed by atoms with van der Waals surface area (Å²) in [4.78, 5) is 11.7. The molecule has 0 aliphatic rings. The lowest BCUT2D eigenvalue weighted by molar-refractivity contribution is -0.115. The topological polar surface area (TPSA) is 29.1 Å². The number of benzene rings is 2. The standard InChI is InChI=1S/C14H10BrF2NO/c15-10-3-6-13(12(17)8-10)18-14(19)7-9-1-4-11(16)5-2-9/h1-6,8H,7H2,(H,18,19). The van der Waals surface area contributed by atoms with E-state index in [9.17, 15) is 13.6 Å². The number of halogens is 3. The minimum atomic E-state index is -0.512. The van der Waals surface area contributed by atoms with Crippen molar-refractivity contribution in [2.24, 2.45) is 0 Å². The van der Waals surface area contributed by atoms with Crippen LogP contribution in [0.4, 0.5) is 14.5 Å². The van der Waals surface area contributed by atoms with Gasteiger partial charge in [0.1, 0.15) is 11.6 Å². The summed E-state index contributed by atoms with van der Waals surface area (Å²) < 4.78 is 26.8. The smallest absolute Gasteiger partial charge is 0.228 e. The molecule has 0 radical (unpaired) electrons. The Bertz CT molecular complexity index is 599. The summed E-state index contributed by atoms with van der Waals surface area (Å²) in [6.45, 7) is 0. The number of hydrogen-bond donors (Lipinski definition) is 1. The second-order valence-corrected chi connectivity index (χ2v) is 4.89. The molecule has 0 spiro atoms. The van der Waals surface area contributed by atoms with Crippen molar-refractivity contribution in [1.29, 1.82) is 0 Å². The molecule has 0 saturated heterocycles. The van der Waals surface area contributed by atoms with E-state index < -0.39 is 5.82 Å². The van der Waals surface area contributed by atoms with Crippen LogP contribution in [0.25, 0.3) is 0 Å². The first kappa shape index (κ1) is 13.7. The Morgan fingerprint density at radius 1 is 1.11 bits per heavy atom. The Morgan fingerprint density at radius 2 is 1.79 bits per heavy atom. The molecule has 0 atom stereocenters. The molecule has 0 saturated carbocycles. The zero-order chi connectivity index (χ0) is 13.8. The highest BCUT2D eigenvalue weighted by Crippen LogP contribution is 2.19. The van der Waals surface area contributed by atoms with Crippen molar-refractivity contribution in [2.45, 2.75) is 6.42 Å². The summed E-state index contributed by atoms with van der Waals surface area (Å²) in [6.07, 6.45) is 0.0653. The third-order valence-electron chi connectivity index (χ3n) is 2.48. The fourth-order valence-electron chi connectivity index (χ4n) is 1.57. The second kappa shape index (κ2) is 5.93. The van der Waals surface area contributed by atoms with Gasteiger partial charge in [-0.25, -0.2) is 8.78 Å². The number of carbonyl (C=O) groups excluding carboxylic acids is 1. The molecule has 0 heterocycles. The maximum absolute atomic E-state index is 13.5. The molecule has 2 rings (SSSR count). The lowest BCUT2D eigenvalue weighted by Crippen LogP contribution is -2.15. The Labute approximate surface area is 117 Å². The molecular formula is C14H10BrF2NO. The lowest BCUT2D eigenvalue weighted by Gasteiger charge is -2.06. The largest absolute Gasteiger partial charge is 0.323 e. The number of carbonyl (C=O) groups is 1. The Balaban J connectivity index is 2.03. The van der Waals surface area contributed by atoms with E-state index in [0.717, 1.165) is 0 Å². The van der Waals surface area contributed by atoms with Gasteiger partial charge < -0.3 is 5.32 Å². The van der Waals surface area contributed by atoms with Crippen LogP contribution in [0, 0.1) is 11.6 Å². The summed E-state index contributed by atoms with van der Waals surface area (Å²) in [5.74, 6) is -1.22. The van der Waals surface area contributed by atoms with E-state index >= 15 is 0 Å². The van der Waals surface area contributed by atoms with Crippen LogP contribution in [0.15, 0.2) is 46.9 Å². The highest BCUT2D eigenvalue weighted by atomic mass is 79.9. The van der Waals surface area contributed by atoms with Gasteiger partial charge >= 0.3 is 0 Å². The number of anilines is 1. The predicted molar refractivity (Wildman–Crippen MR) is 72.8 cm³/mol. The van der Waals surface area contributed by atoms with Crippen LogP contribution in [0.2, 0.25) is 0 Å². The van der Waals surface area contributed by atoms with Gasteiger partial charge in [-0.2, -0.15) is 0 Å². The molecule has 0 aromatic heterocycles. The monoisotopic (exact) mass is 325 g/mol. The van der Waals surface area contributed by atoms with Crippen molar-refractivity contribution < 1.29 is 13.6 Å². The molecule has 0 unspecified atom stereocenters. The lowest BCUT2D eigenvalue weighted by atomic mass is 10.1. The molecule has 0 aliphatic carbocycles. The predicted octanol–water partition coefficient (Wildman–Crippen LogP) is 3.91. The molecule has 2 aromatic carbocycles. The van der Waals surface area contributed by atoms with Gasteiger partial charge in [-0.05, 0) is 35.9 Å². The van der Waals surface area contributed by atoms with E-state index in [0.29, 0.717) is 10.0 Å². The molecule has 1 N–H and O–H groups in total. The quantitative estimate of drug-likeness (QED) is 0.910. The van der Waals surface area contributed by atoms with Crippen LogP contribution in [-0.2, 0) is 11.2 Å². The summed E-state index contributed by atoms with van der Waals surface area (Å²) in [5, 5.41) is 2.47. The van der Waals surface area contributed by atoms with E-state index in [4.69, 9.17) is 0 Å². The molecular weight excluding hydrogens is 316 g/mol. The average molecular weight is 326 g/mol. The number of rotatable bonds is 3. The summed E-state index contributed by atoms with van der Waals surface area (Å²) >= 11 is 3.13. The van der Waals surface area contributed by atoms with Gasteiger partial charge in [-0.15, -0.1) is 0 Å². The van der Waals surface area contributed by atoms with Gasteiger partial charge in [0.25, 0.3) is 0 Å². The normalized spacial score (nSPS) is 10.3. The third kappa shape index (κ3) is 3.86. The van der Waals surface area contributed by atoms with E-state index in [1.807, 2.05) is 0 Å². The van der Waals surface area contributed by atoms with Gasteiger partial charge in [-0.3, -0.25) is 4.79 Å². The van der Waals surface area contributed by atoms with Crippen LogP contribution < -0.4 is 5.32 Å². The van der Waals surface area contributed by atoms with Crippen molar-refractivity contribution in [3.05, 3.63) is 64.1 Å². The van der Waals surface area contributed by atoms with E-state index in [1.165, 1.54) is 36.4 Å². The molecule has 2 nitrogen and oxygen atoms in total. The second-order valence-electron chi connectivity index (χ2n) is 3.98. The molecule has 0 fully saturated rings. The van der Waals surface area contributed by atoms with Crippen LogP contribution in [0.5, 0.6) is 0 Å². The van der Waals surface area contributed by atoms with Gasteiger partial charge in [0.2, 0.25) is 5.91 Å². The molecule has 19 heavy (non-hydrogen) atoms. The maximum atomic E-state index is 13.5. The first-order chi connectivity index (χ1) is 9.04. The molecule has 0 bridgehead atoms.